The largest absolute Gasteiger partial charge is 0.353 e. The highest BCUT2D eigenvalue weighted by Gasteiger charge is 2.11. The maximum atomic E-state index is 12.4. The molecule has 4 heteroatoms. The fraction of sp³-hybridized carbons (Fsp3) is 0.375. The van der Waals surface area contributed by atoms with Gasteiger partial charge in [-0.15, -0.1) is 0 Å². The average Bonchev–Trinajstić information content (AvgIpc) is 3.11. The maximum Gasteiger partial charge on any atom is 0.239 e. The lowest BCUT2D eigenvalue weighted by molar-refractivity contribution is -0.121. The number of hydrogen-bond donors (Lipinski definition) is 1. The second-order valence-electron chi connectivity index (χ2n) is 7.84. The molecule has 1 aliphatic rings. The second-order valence-corrected chi connectivity index (χ2v) is 7.84. The number of hydrogen-bond acceptors (Lipinski definition) is 2. The molecule has 1 fully saturated rings. The molecule has 28 heavy (non-hydrogen) atoms. The quantitative estimate of drug-likeness (QED) is 0.700. The first-order chi connectivity index (χ1) is 13.7. The van der Waals surface area contributed by atoms with Crippen LogP contribution in [0.25, 0.3) is 22.0 Å². The van der Waals surface area contributed by atoms with Crippen molar-refractivity contribution in [2.45, 2.75) is 32.7 Å². The van der Waals surface area contributed by atoms with Crippen molar-refractivity contribution in [1.82, 2.24) is 14.8 Å². The molecule has 0 bridgehead atoms. The molecule has 1 N–H and O–H groups in total. The molecule has 0 unspecified atom stereocenters. The first kappa shape index (κ1) is 18.8. The Labute approximate surface area is 167 Å². The number of carbonyl (C=O) groups excluding carboxylic acids is 1. The smallest absolute Gasteiger partial charge is 0.239 e. The number of likely N-dealkylation sites (tertiary alicyclic amines) is 1. The molecule has 0 saturated carbocycles. The molecule has 0 radical (unpaired) electrons. The van der Waals surface area contributed by atoms with Crippen molar-refractivity contribution in [3.05, 3.63) is 60.3 Å². The first-order valence-electron chi connectivity index (χ1n) is 10.3. The Kier molecular flexibility index (Phi) is 5.77. The van der Waals surface area contributed by atoms with Crippen LogP contribution in [0, 0.1) is 6.92 Å². The SMILES string of the molecule is Cc1ccc(-c2ccc3ccn(CC(=O)NCCN4CCCCC4)c3c2)cc1. The van der Waals surface area contributed by atoms with Gasteiger partial charge in [0.15, 0.2) is 0 Å². The number of amides is 1. The molecule has 0 atom stereocenters. The number of aromatic nitrogens is 1. The van der Waals surface area contributed by atoms with Gasteiger partial charge in [-0.1, -0.05) is 48.4 Å². The van der Waals surface area contributed by atoms with Crippen molar-refractivity contribution in [2.75, 3.05) is 26.2 Å². The van der Waals surface area contributed by atoms with Gasteiger partial charge in [-0.05, 0) is 61.5 Å². The molecule has 1 amide bonds. The molecule has 0 aliphatic carbocycles. The highest BCUT2D eigenvalue weighted by molar-refractivity contribution is 5.87. The summed E-state index contributed by atoms with van der Waals surface area (Å²) in [6, 6.07) is 17.1. The van der Waals surface area contributed by atoms with Gasteiger partial charge in [0.2, 0.25) is 5.91 Å². The van der Waals surface area contributed by atoms with E-state index < -0.39 is 0 Å². The van der Waals surface area contributed by atoms with Crippen LogP contribution in [0.3, 0.4) is 0 Å². The van der Waals surface area contributed by atoms with Gasteiger partial charge in [0.25, 0.3) is 0 Å². The van der Waals surface area contributed by atoms with Crippen LogP contribution in [0.5, 0.6) is 0 Å². The summed E-state index contributed by atoms with van der Waals surface area (Å²) in [4.78, 5) is 14.9. The van der Waals surface area contributed by atoms with Crippen molar-refractivity contribution < 1.29 is 4.79 Å². The number of rotatable bonds is 6. The van der Waals surface area contributed by atoms with Crippen LogP contribution >= 0.6 is 0 Å². The summed E-state index contributed by atoms with van der Waals surface area (Å²) >= 11 is 0. The van der Waals surface area contributed by atoms with Crippen molar-refractivity contribution in [3.63, 3.8) is 0 Å². The van der Waals surface area contributed by atoms with Crippen LogP contribution in [-0.2, 0) is 11.3 Å². The van der Waals surface area contributed by atoms with Crippen molar-refractivity contribution >= 4 is 16.8 Å². The van der Waals surface area contributed by atoms with Gasteiger partial charge in [-0.25, -0.2) is 0 Å². The molecular formula is C24H29N3O. The fourth-order valence-electron chi connectivity index (χ4n) is 3.99. The summed E-state index contributed by atoms with van der Waals surface area (Å²) in [5, 5.41) is 4.25. The average molecular weight is 376 g/mol. The fourth-order valence-corrected chi connectivity index (χ4v) is 3.99. The monoisotopic (exact) mass is 375 g/mol. The molecule has 146 valence electrons. The van der Waals surface area contributed by atoms with Crippen LogP contribution in [0.4, 0.5) is 0 Å². The predicted octanol–water partition coefficient (Wildman–Crippen LogP) is 4.22. The third-order valence-electron chi connectivity index (χ3n) is 5.67. The lowest BCUT2D eigenvalue weighted by Gasteiger charge is -2.26. The van der Waals surface area contributed by atoms with Gasteiger partial charge in [0.1, 0.15) is 6.54 Å². The first-order valence-corrected chi connectivity index (χ1v) is 10.3. The number of piperidine rings is 1. The number of carbonyl (C=O) groups is 1. The predicted molar refractivity (Wildman–Crippen MR) is 115 cm³/mol. The Morgan fingerprint density at radius 3 is 2.50 bits per heavy atom. The van der Waals surface area contributed by atoms with E-state index >= 15 is 0 Å². The third-order valence-corrected chi connectivity index (χ3v) is 5.67. The molecule has 3 aromatic rings. The van der Waals surface area contributed by atoms with Gasteiger partial charge >= 0.3 is 0 Å². The number of benzene rings is 2. The Morgan fingerprint density at radius 2 is 1.71 bits per heavy atom. The van der Waals surface area contributed by atoms with E-state index in [0.29, 0.717) is 6.54 Å². The molecule has 4 nitrogen and oxygen atoms in total. The third kappa shape index (κ3) is 4.45. The van der Waals surface area contributed by atoms with E-state index in [1.165, 1.54) is 49.0 Å². The van der Waals surface area contributed by atoms with E-state index in [-0.39, 0.29) is 5.91 Å². The number of nitrogens with one attached hydrogen (secondary N) is 1. The zero-order chi connectivity index (χ0) is 19.3. The highest BCUT2D eigenvalue weighted by Crippen LogP contribution is 2.25. The van der Waals surface area contributed by atoms with Gasteiger partial charge < -0.3 is 14.8 Å². The van der Waals surface area contributed by atoms with E-state index in [0.717, 1.165) is 24.0 Å². The van der Waals surface area contributed by atoms with E-state index in [2.05, 4.69) is 65.7 Å². The lowest BCUT2D eigenvalue weighted by Crippen LogP contribution is -2.38. The molecule has 0 spiro atoms. The molecular weight excluding hydrogens is 346 g/mol. The molecule has 1 saturated heterocycles. The zero-order valence-corrected chi connectivity index (χ0v) is 16.7. The normalized spacial score (nSPS) is 15.0. The Morgan fingerprint density at radius 1 is 0.964 bits per heavy atom. The Hall–Kier alpha value is -2.59. The minimum atomic E-state index is 0.0789. The Bertz CT molecular complexity index is 936. The van der Waals surface area contributed by atoms with Crippen molar-refractivity contribution in [3.8, 4) is 11.1 Å². The lowest BCUT2D eigenvalue weighted by atomic mass is 10.0. The number of fused-ring (bicyclic) bond motifs is 1. The van der Waals surface area contributed by atoms with Crippen LogP contribution in [0.2, 0.25) is 0 Å². The van der Waals surface area contributed by atoms with E-state index in [4.69, 9.17) is 0 Å². The van der Waals surface area contributed by atoms with Crippen LogP contribution in [0.15, 0.2) is 54.7 Å². The second kappa shape index (κ2) is 8.61. The van der Waals surface area contributed by atoms with Crippen LogP contribution in [-0.4, -0.2) is 41.6 Å². The summed E-state index contributed by atoms with van der Waals surface area (Å²) in [5.74, 6) is 0.0789. The zero-order valence-electron chi connectivity index (χ0n) is 16.7. The number of aryl methyl sites for hydroxylation is 1. The van der Waals surface area contributed by atoms with E-state index in [1.54, 1.807) is 0 Å². The molecule has 4 rings (SSSR count). The standard InChI is InChI=1S/C24H29N3O/c1-19-5-7-20(8-6-19)22-10-9-21-11-15-27(23(21)17-22)18-24(28)25-12-16-26-13-3-2-4-14-26/h5-11,15,17H,2-4,12-14,16,18H2,1H3,(H,25,28). The van der Waals surface area contributed by atoms with Gasteiger partial charge in [-0.3, -0.25) is 4.79 Å². The summed E-state index contributed by atoms with van der Waals surface area (Å²) < 4.78 is 2.04. The summed E-state index contributed by atoms with van der Waals surface area (Å²) in [6.07, 6.45) is 5.92. The van der Waals surface area contributed by atoms with Crippen LogP contribution in [0.1, 0.15) is 24.8 Å². The topological polar surface area (TPSA) is 37.3 Å². The van der Waals surface area contributed by atoms with Gasteiger partial charge in [-0.2, -0.15) is 0 Å². The minimum Gasteiger partial charge on any atom is -0.353 e. The van der Waals surface area contributed by atoms with E-state index in [9.17, 15) is 4.79 Å². The maximum absolute atomic E-state index is 12.4. The van der Waals surface area contributed by atoms with E-state index in [1.807, 2.05) is 10.8 Å². The summed E-state index contributed by atoms with van der Waals surface area (Å²) in [7, 11) is 0. The number of nitrogens with zero attached hydrogens (tertiary/aromatic N) is 2. The van der Waals surface area contributed by atoms with Gasteiger partial charge in [0, 0.05) is 24.8 Å². The van der Waals surface area contributed by atoms with Crippen molar-refractivity contribution in [2.24, 2.45) is 0 Å². The minimum absolute atomic E-state index is 0.0789. The molecule has 1 aliphatic heterocycles. The summed E-state index contributed by atoms with van der Waals surface area (Å²) in [6.45, 7) is 6.48. The summed E-state index contributed by atoms with van der Waals surface area (Å²) in [5.41, 5.74) is 4.74. The molecule has 2 aromatic carbocycles. The molecule has 2 heterocycles. The Balaban J connectivity index is 1.41. The van der Waals surface area contributed by atoms with Crippen LogP contribution < -0.4 is 5.32 Å². The van der Waals surface area contributed by atoms with Gasteiger partial charge in [0.05, 0.1) is 0 Å². The molecule has 1 aromatic heterocycles. The highest BCUT2D eigenvalue weighted by atomic mass is 16.1. The van der Waals surface area contributed by atoms with Crippen molar-refractivity contribution in [1.29, 1.82) is 0 Å².